The van der Waals surface area contributed by atoms with E-state index in [1.165, 1.54) is 16.4 Å². The van der Waals surface area contributed by atoms with Crippen LogP contribution in [0.3, 0.4) is 0 Å². The molecule has 1 saturated heterocycles. The summed E-state index contributed by atoms with van der Waals surface area (Å²) in [6, 6.07) is 5.84. The van der Waals surface area contributed by atoms with E-state index in [4.69, 9.17) is 16.3 Å². The standard InChI is InChI=1S/C11H13ClFNO3S/c12-8-18(15,16)14-5-6-17-11(7-14)9-1-3-10(13)4-2-9/h1-4,11H,5-8H2. The summed E-state index contributed by atoms with van der Waals surface area (Å²) in [5.41, 5.74) is 0.755. The Morgan fingerprint density at radius 3 is 2.67 bits per heavy atom. The Balaban J connectivity index is 2.14. The molecule has 1 unspecified atom stereocenters. The van der Waals surface area contributed by atoms with Crippen LogP contribution in [0.2, 0.25) is 0 Å². The van der Waals surface area contributed by atoms with Gasteiger partial charge in [-0.3, -0.25) is 0 Å². The van der Waals surface area contributed by atoms with Gasteiger partial charge in [-0.25, -0.2) is 12.8 Å². The van der Waals surface area contributed by atoms with Gasteiger partial charge < -0.3 is 4.74 Å². The molecular formula is C11H13ClFNO3S. The van der Waals surface area contributed by atoms with Crippen molar-refractivity contribution in [3.8, 4) is 0 Å². The zero-order valence-corrected chi connectivity index (χ0v) is 11.1. The molecule has 0 saturated carbocycles. The minimum Gasteiger partial charge on any atom is -0.371 e. The first-order chi connectivity index (χ1) is 8.53. The molecule has 4 nitrogen and oxygen atoms in total. The largest absolute Gasteiger partial charge is 0.371 e. The molecule has 2 rings (SSSR count). The van der Waals surface area contributed by atoms with Crippen molar-refractivity contribution in [3.63, 3.8) is 0 Å². The molecule has 100 valence electrons. The number of sulfonamides is 1. The molecule has 7 heteroatoms. The zero-order chi connectivity index (χ0) is 13.2. The van der Waals surface area contributed by atoms with Gasteiger partial charge in [-0.05, 0) is 17.7 Å². The van der Waals surface area contributed by atoms with E-state index >= 15 is 0 Å². The van der Waals surface area contributed by atoms with E-state index in [1.807, 2.05) is 0 Å². The molecule has 1 atom stereocenters. The lowest BCUT2D eigenvalue weighted by atomic mass is 10.1. The summed E-state index contributed by atoms with van der Waals surface area (Å²) in [6.07, 6.45) is -0.377. The average molecular weight is 294 g/mol. The molecule has 0 aromatic heterocycles. The quantitative estimate of drug-likeness (QED) is 0.797. The number of halogens is 2. The topological polar surface area (TPSA) is 46.6 Å². The number of alkyl halides is 1. The fraction of sp³-hybridized carbons (Fsp3) is 0.455. The Morgan fingerprint density at radius 1 is 1.39 bits per heavy atom. The summed E-state index contributed by atoms with van der Waals surface area (Å²) in [4.78, 5) is 0. The molecule has 1 fully saturated rings. The van der Waals surface area contributed by atoms with Crippen molar-refractivity contribution in [3.05, 3.63) is 35.6 Å². The van der Waals surface area contributed by atoms with E-state index in [0.717, 1.165) is 5.56 Å². The number of hydrogen-bond donors (Lipinski definition) is 0. The maximum atomic E-state index is 12.8. The summed E-state index contributed by atoms with van der Waals surface area (Å²) in [6.45, 7) is 0.811. The van der Waals surface area contributed by atoms with Gasteiger partial charge in [0.1, 0.15) is 11.0 Å². The van der Waals surface area contributed by atoms with Crippen LogP contribution in [0.4, 0.5) is 4.39 Å². The van der Waals surface area contributed by atoms with Gasteiger partial charge in [0.25, 0.3) is 0 Å². The predicted octanol–water partition coefficient (Wildman–Crippen LogP) is 1.73. The maximum Gasteiger partial charge on any atom is 0.228 e. The smallest absolute Gasteiger partial charge is 0.228 e. The van der Waals surface area contributed by atoms with Crippen molar-refractivity contribution >= 4 is 21.6 Å². The molecule has 1 aromatic rings. The Hall–Kier alpha value is -0.690. The highest BCUT2D eigenvalue weighted by atomic mass is 35.5. The van der Waals surface area contributed by atoms with Crippen LogP contribution in [0, 0.1) is 5.82 Å². The minimum absolute atomic E-state index is 0.209. The van der Waals surface area contributed by atoms with Gasteiger partial charge >= 0.3 is 0 Å². The van der Waals surface area contributed by atoms with E-state index in [-0.39, 0.29) is 18.5 Å². The van der Waals surface area contributed by atoms with Crippen LogP contribution >= 0.6 is 11.6 Å². The molecule has 1 aliphatic heterocycles. The van der Waals surface area contributed by atoms with E-state index in [9.17, 15) is 12.8 Å². The van der Waals surface area contributed by atoms with Crippen molar-refractivity contribution in [1.82, 2.24) is 4.31 Å². The first-order valence-electron chi connectivity index (χ1n) is 5.44. The summed E-state index contributed by atoms with van der Waals surface area (Å²) in [5, 5.41) is -0.441. The predicted molar refractivity (Wildman–Crippen MR) is 66.3 cm³/mol. The summed E-state index contributed by atoms with van der Waals surface area (Å²) < 4.78 is 42.9. The summed E-state index contributed by atoms with van der Waals surface area (Å²) >= 11 is 5.42. The Bertz CT molecular complexity index is 506. The summed E-state index contributed by atoms with van der Waals surface area (Å²) in [5.74, 6) is -0.334. The third-order valence-electron chi connectivity index (χ3n) is 2.80. The highest BCUT2D eigenvalue weighted by Gasteiger charge is 2.29. The second-order valence-corrected chi connectivity index (χ2v) is 6.54. The van der Waals surface area contributed by atoms with Crippen LogP contribution in [-0.4, -0.2) is 37.6 Å². The second-order valence-electron chi connectivity index (χ2n) is 3.99. The number of rotatable bonds is 3. The monoisotopic (exact) mass is 293 g/mol. The molecule has 0 spiro atoms. The highest BCUT2D eigenvalue weighted by molar-refractivity contribution is 7.90. The fourth-order valence-corrected chi connectivity index (χ4v) is 3.09. The van der Waals surface area contributed by atoms with Crippen molar-refractivity contribution in [2.45, 2.75) is 6.10 Å². The van der Waals surface area contributed by atoms with Crippen molar-refractivity contribution in [2.24, 2.45) is 0 Å². The number of ether oxygens (including phenoxy) is 1. The third kappa shape index (κ3) is 3.00. The van der Waals surface area contributed by atoms with Crippen molar-refractivity contribution in [2.75, 3.05) is 24.9 Å². The van der Waals surface area contributed by atoms with Crippen LogP contribution in [0.1, 0.15) is 11.7 Å². The molecule has 0 aliphatic carbocycles. The minimum atomic E-state index is -3.43. The van der Waals surface area contributed by atoms with E-state index in [0.29, 0.717) is 13.2 Å². The van der Waals surface area contributed by atoms with Gasteiger partial charge in [0.05, 0.1) is 12.7 Å². The number of morpholine rings is 1. The SMILES string of the molecule is O=S(=O)(CCl)N1CCOC(c2ccc(F)cc2)C1. The second kappa shape index (κ2) is 5.52. The summed E-state index contributed by atoms with van der Waals surface area (Å²) in [7, 11) is -3.43. The number of benzene rings is 1. The fourth-order valence-electron chi connectivity index (χ4n) is 1.83. The lowest BCUT2D eigenvalue weighted by molar-refractivity contribution is -0.00243. The van der Waals surface area contributed by atoms with Crippen LogP contribution in [0.5, 0.6) is 0 Å². The molecule has 18 heavy (non-hydrogen) atoms. The molecular weight excluding hydrogens is 281 g/mol. The molecule has 0 radical (unpaired) electrons. The zero-order valence-electron chi connectivity index (χ0n) is 9.55. The van der Waals surface area contributed by atoms with Crippen LogP contribution < -0.4 is 0 Å². The molecule has 1 heterocycles. The molecule has 1 aliphatic rings. The molecule has 0 N–H and O–H groups in total. The Labute approximate surface area is 110 Å². The van der Waals surface area contributed by atoms with E-state index < -0.39 is 15.2 Å². The first-order valence-corrected chi connectivity index (χ1v) is 7.58. The maximum absolute atomic E-state index is 12.8. The van der Waals surface area contributed by atoms with Crippen LogP contribution in [0.15, 0.2) is 24.3 Å². The highest BCUT2D eigenvalue weighted by Crippen LogP contribution is 2.24. The Kier molecular flexibility index (Phi) is 4.21. The van der Waals surface area contributed by atoms with Gasteiger partial charge in [0.15, 0.2) is 0 Å². The first kappa shape index (κ1) is 13.7. The molecule has 0 bridgehead atoms. The number of hydrogen-bond acceptors (Lipinski definition) is 3. The van der Waals surface area contributed by atoms with E-state index in [2.05, 4.69) is 0 Å². The van der Waals surface area contributed by atoms with Gasteiger partial charge in [-0.15, -0.1) is 11.6 Å². The third-order valence-corrected chi connectivity index (χ3v) is 5.02. The number of nitrogens with zero attached hydrogens (tertiary/aromatic N) is 1. The van der Waals surface area contributed by atoms with Gasteiger partial charge in [0.2, 0.25) is 10.0 Å². The van der Waals surface area contributed by atoms with E-state index in [1.54, 1.807) is 12.1 Å². The van der Waals surface area contributed by atoms with Crippen LogP contribution in [0.25, 0.3) is 0 Å². The van der Waals surface area contributed by atoms with Crippen molar-refractivity contribution < 1.29 is 17.5 Å². The van der Waals surface area contributed by atoms with Gasteiger partial charge in [-0.2, -0.15) is 4.31 Å². The average Bonchev–Trinajstić information content (AvgIpc) is 2.40. The van der Waals surface area contributed by atoms with Crippen LogP contribution in [-0.2, 0) is 14.8 Å². The molecule has 1 aromatic carbocycles. The van der Waals surface area contributed by atoms with Gasteiger partial charge in [-0.1, -0.05) is 12.1 Å². The normalized spacial score (nSPS) is 22.0. The lowest BCUT2D eigenvalue weighted by Gasteiger charge is -2.31. The van der Waals surface area contributed by atoms with Gasteiger partial charge in [0, 0.05) is 13.1 Å². The van der Waals surface area contributed by atoms with Crippen molar-refractivity contribution in [1.29, 1.82) is 0 Å². The Morgan fingerprint density at radius 2 is 2.06 bits per heavy atom. The lowest BCUT2D eigenvalue weighted by Crippen LogP contribution is -2.42. The molecule has 0 amide bonds.